The van der Waals surface area contributed by atoms with E-state index >= 15 is 0 Å². The number of nitrogens with one attached hydrogen (secondary N) is 1. The molecule has 32 heavy (non-hydrogen) atoms. The van der Waals surface area contributed by atoms with Crippen molar-refractivity contribution >= 4 is 56.4 Å². The molecule has 2 aliphatic rings. The molecule has 0 radical (unpaired) electrons. The minimum Gasteiger partial charge on any atom is -0.384 e. The quantitative estimate of drug-likeness (QED) is 0.631. The van der Waals surface area contributed by atoms with Crippen LogP contribution in [0.3, 0.4) is 0 Å². The van der Waals surface area contributed by atoms with Gasteiger partial charge in [0, 0.05) is 31.6 Å². The molecule has 2 aliphatic heterocycles. The Morgan fingerprint density at radius 3 is 2.75 bits per heavy atom. The number of methoxy groups -OCH3 is 1. The highest BCUT2D eigenvalue weighted by Gasteiger charge is 2.42. The second kappa shape index (κ2) is 9.70. The van der Waals surface area contributed by atoms with E-state index in [-0.39, 0.29) is 37.0 Å². The first kappa shape index (κ1) is 22.9. The van der Waals surface area contributed by atoms with Gasteiger partial charge in [0.25, 0.3) is 11.8 Å². The summed E-state index contributed by atoms with van der Waals surface area (Å²) in [4.78, 5) is 42.0. The molecule has 0 spiro atoms. The molecule has 1 N–H and O–H groups in total. The number of rotatable bonds is 6. The molecule has 0 bridgehead atoms. The number of hydrogen-bond acceptors (Lipinski definition) is 6. The van der Waals surface area contributed by atoms with E-state index in [1.54, 1.807) is 23.0 Å². The average molecular weight is 522 g/mol. The first-order chi connectivity index (χ1) is 15.4. The van der Waals surface area contributed by atoms with Crippen LogP contribution in [0.5, 0.6) is 0 Å². The van der Waals surface area contributed by atoms with Crippen molar-refractivity contribution in [3.63, 3.8) is 0 Å². The smallest absolute Gasteiger partial charge is 0.261 e. The van der Waals surface area contributed by atoms with Gasteiger partial charge in [0.1, 0.15) is 6.61 Å². The number of nitrogens with zero attached hydrogens (tertiary/aromatic N) is 2. The maximum Gasteiger partial charge on any atom is 0.261 e. The van der Waals surface area contributed by atoms with Crippen LogP contribution in [0.4, 0.5) is 11.4 Å². The molecule has 1 aromatic carbocycles. The van der Waals surface area contributed by atoms with E-state index < -0.39 is 5.92 Å². The van der Waals surface area contributed by atoms with Crippen LogP contribution in [0.25, 0.3) is 0 Å². The van der Waals surface area contributed by atoms with E-state index in [2.05, 4.69) is 21.2 Å². The molecule has 2 aromatic rings. The van der Waals surface area contributed by atoms with Crippen LogP contribution in [0.2, 0.25) is 0 Å². The Morgan fingerprint density at radius 1 is 1.28 bits per heavy atom. The molecule has 3 amide bonds. The van der Waals surface area contributed by atoms with Crippen LogP contribution >= 0.6 is 27.3 Å². The normalized spacial score (nSPS) is 21.3. The van der Waals surface area contributed by atoms with Crippen molar-refractivity contribution in [2.24, 2.45) is 5.92 Å². The SMILES string of the molecule is COC[C@H]1C(=O)N(c2ccc(N3CCOCC3=O)c(C)c2)C[C@@H]1NC(=O)c1ccc(Br)s1. The van der Waals surface area contributed by atoms with Crippen molar-refractivity contribution in [2.45, 2.75) is 13.0 Å². The Hall–Kier alpha value is -2.27. The van der Waals surface area contributed by atoms with Crippen molar-refractivity contribution in [1.29, 1.82) is 0 Å². The molecule has 2 saturated heterocycles. The zero-order chi connectivity index (χ0) is 22.8. The fraction of sp³-hybridized carbons (Fsp3) is 0.409. The number of benzene rings is 1. The lowest BCUT2D eigenvalue weighted by molar-refractivity contribution is -0.125. The molecule has 0 saturated carbocycles. The van der Waals surface area contributed by atoms with E-state index in [0.717, 1.165) is 20.7 Å². The van der Waals surface area contributed by atoms with Gasteiger partial charge in [-0.05, 0) is 58.7 Å². The van der Waals surface area contributed by atoms with Gasteiger partial charge in [-0.2, -0.15) is 0 Å². The number of thiophene rings is 1. The van der Waals surface area contributed by atoms with Crippen molar-refractivity contribution in [1.82, 2.24) is 5.32 Å². The van der Waals surface area contributed by atoms with Gasteiger partial charge in [0.05, 0.1) is 33.8 Å². The van der Waals surface area contributed by atoms with Gasteiger partial charge >= 0.3 is 0 Å². The van der Waals surface area contributed by atoms with Gasteiger partial charge in [-0.15, -0.1) is 11.3 Å². The standard InChI is InChI=1S/C22H24BrN3O5S/c1-13-9-14(3-4-17(13)25-7-8-31-12-20(25)27)26-10-16(15(11-30-2)22(26)29)24-21(28)18-5-6-19(23)32-18/h3-6,9,15-16H,7-8,10-12H2,1-2H3,(H,24,28)/t15-,16+/m1/s1. The number of ether oxygens (including phenoxy) is 2. The Kier molecular flexibility index (Phi) is 6.94. The summed E-state index contributed by atoms with van der Waals surface area (Å²) >= 11 is 4.71. The van der Waals surface area contributed by atoms with Gasteiger partial charge in [0.15, 0.2) is 0 Å². The number of aryl methyl sites for hydroxylation is 1. The van der Waals surface area contributed by atoms with Crippen LogP contribution in [0.15, 0.2) is 34.1 Å². The summed E-state index contributed by atoms with van der Waals surface area (Å²) in [6, 6.07) is 8.80. The second-order valence-corrected chi connectivity index (χ2v) is 10.2. The van der Waals surface area contributed by atoms with Crippen molar-refractivity contribution in [2.75, 3.05) is 49.8 Å². The van der Waals surface area contributed by atoms with E-state index in [0.29, 0.717) is 24.6 Å². The number of carbonyl (C=O) groups is 3. The maximum atomic E-state index is 13.2. The highest BCUT2D eigenvalue weighted by Crippen LogP contribution is 2.31. The number of halogens is 1. The zero-order valence-corrected chi connectivity index (χ0v) is 20.2. The number of anilines is 2. The van der Waals surface area contributed by atoms with Crippen molar-refractivity contribution < 1.29 is 23.9 Å². The second-order valence-electron chi connectivity index (χ2n) is 7.76. The summed E-state index contributed by atoms with van der Waals surface area (Å²) in [5.74, 6) is -0.862. The first-order valence-corrected chi connectivity index (χ1v) is 11.8. The molecule has 10 heteroatoms. The first-order valence-electron chi connectivity index (χ1n) is 10.2. The number of carbonyl (C=O) groups excluding carboxylic acids is 3. The van der Waals surface area contributed by atoms with Gasteiger partial charge in [0.2, 0.25) is 5.91 Å². The topological polar surface area (TPSA) is 88.2 Å². The van der Waals surface area contributed by atoms with Gasteiger partial charge in [-0.1, -0.05) is 0 Å². The molecule has 2 atom stereocenters. The highest BCUT2D eigenvalue weighted by molar-refractivity contribution is 9.11. The van der Waals surface area contributed by atoms with Gasteiger partial charge in [-0.3, -0.25) is 14.4 Å². The lowest BCUT2D eigenvalue weighted by atomic mass is 10.0. The number of amides is 3. The van der Waals surface area contributed by atoms with E-state index in [4.69, 9.17) is 9.47 Å². The highest BCUT2D eigenvalue weighted by atomic mass is 79.9. The number of morpholine rings is 1. The fourth-order valence-corrected chi connectivity index (χ4v) is 5.38. The van der Waals surface area contributed by atoms with Gasteiger partial charge < -0.3 is 24.6 Å². The average Bonchev–Trinajstić information content (AvgIpc) is 3.33. The molecule has 1 aromatic heterocycles. The lowest BCUT2D eigenvalue weighted by Gasteiger charge is -2.29. The Bertz CT molecular complexity index is 1040. The molecular weight excluding hydrogens is 498 g/mol. The Morgan fingerprint density at radius 2 is 2.09 bits per heavy atom. The van der Waals surface area contributed by atoms with E-state index in [1.165, 1.54) is 11.3 Å². The lowest BCUT2D eigenvalue weighted by Crippen LogP contribution is -2.42. The van der Waals surface area contributed by atoms with Crippen LogP contribution in [-0.4, -0.2) is 63.8 Å². The summed E-state index contributed by atoms with van der Waals surface area (Å²) < 4.78 is 11.4. The molecule has 0 aliphatic carbocycles. The molecule has 3 heterocycles. The summed E-state index contributed by atoms with van der Waals surface area (Å²) in [7, 11) is 1.55. The predicted molar refractivity (Wildman–Crippen MR) is 125 cm³/mol. The molecular formula is C22H24BrN3O5S. The number of hydrogen-bond donors (Lipinski definition) is 1. The minimum absolute atomic E-state index is 0.0761. The van der Waals surface area contributed by atoms with Crippen LogP contribution in [-0.2, 0) is 19.1 Å². The molecule has 4 rings (SSSR count). The molecule has 8 nitrogen and oxygen atoms in total. The largest absolute Gasteiger partial charge is 0.384 e. The summed E-state index contributed by atoms with van der Waals surface area (Å²) in [5.41, 5.74) is 2.44. The fourth-order valence-electron chi connectivity index (χ4n) is 4.09. The predicted octanol–water partition coefficient (Wildman–Crippen LogP) is 2.59. The van der Waals surface area contributed by atoms with Crippen LogP contribution in [0, 0.1) is 12.8 Å². The third-order valence-electron chi connectivity index (χ3n) is 5.68. The monoisotopic (exact) mass is 521 g/mol. The zero-order valence-electron chi connectivity index (χ0n) is 17.8. The molecule has 2 fully saturated rings. The van der Waals surface area contributed by atoms with Crippen LogP contribution < -0.4 is 15.1 Å². The maximum absolute atomic E-state index is 13.2. The van der Waals surface area contributed by atoms with Crippen LogP contribution in [0.1, 0.15) is 15.2 Å². The summed E-state index contributed by atoms with van der Waals surface area (Å²) in [6.45, 7) is 3.56. The molecule has 0 unspecified atom stereocenters. The van der Waals surface area contributed by atoms with E-state index in [1.807, 2.05) is 31.2 Å². The molecule has 170 valence electrons. The van der Waals surface area contributed by atoms with Crippen molar-refractivity contribution in [3.8, 4) is 0 Å². The van der Waals surface area contributed by atoms with E-state index in [9.17, 15) is 14.4 Å². The van der Waals surface area contributed by atoms with Gasteiger partial charge in [-0.25, -0.2) is 0 Å². The summed E-state index contributed by atoms with van der Waals surface area (Å²) in [5, 5.41) is 3.00. The third-order valence-corrected chi connectivity index (χ3v) is 7.30. The van der Waals surface area contributed by atoms with Crippen molar-refractivity contribution in [3.05, 3.63) is 44.6 Å². The Labute approximate surface area is 198 Å². The third kappa shape index (κ3) is 4.59. The Balaban J connectivity index is 1.54. The minimum atomic E-state index is -0.479. The summed E-state index contributed by atoms with van der Waals surface area (Å²) in [6.07, 6.45) is 0.